The Bertz CT molecular complexity index is 1090. The predicted molar refractivity (Wildman–Crippen MR) is 110 cm³/mol. The van der Waals surface area contributed by atoms with Crippen molar-refractivity contribution in [3.63, 3.8) is 0 Å². The van der Waals surface area contributed by atoms with E-state index in [2.05, 4.69) is 32.7 Å². The van der Waals surface area contributed by atoms with E-state index in [9.17, 15) is 0 Å². The molecule has 0 aliphatic heterocycles. The van der Waals surface area contributed by atoms with Crippen LogP contribution < -0.4 is 10.6 Å². The van der Waals surface area contributed by atoms with Crippen molar-refractivity contribution < 1.29 is 0 Å². The molecule has 0 fully saturated rings. The van der Waals surface area contributed by atoms with Gasteiger partial charge in [-0.3, -0.25) is 0 Å². The van der Waals surface area contributed by atoms with Gasteiger partial charge in [0, 0.05) is 32.5 Å². The normalized spacial score (nSPS) is 10.9. The molecule has 27 heavy (non-hydrogen) atoms. The number of fused-ring (bicyclic) bond motifs is 1. The minimum absolute atomic E-state index is 0.213. The zero-order valence-electron chi connectivity index (χ0n) is 15.1. The number of rotatable bonds is 5. The molecular weight excluding hydrogens is 360 g/mol. The molecule has 2 heterocycles. The summed E-state index contributed by atoms with van der Waals surface area (Å²) in [5.74, 6) is 0.795. The topological polar surface area (TPSA) is 67.7 Å². The first-order chi connectivity index (χ1) is 13.2. The van der Waals surface area contributed by atoms with Crippen molar-refractivity contribution in [2.24, 2.45) is 7.05 Å². The molecule has 2 aromatic heterocycles. The second-order valence-electron chi connectivity index (χ2n) is 6.15. The molecule has 2 aromatic carbocycles. The van der Waals surface area contributed by atoms with E-state index in [0.29, 0.717) is 6.54 Å². The van der Waals surface area contributed by atoms with Crippen LogP contribution in [0.4, 0.5) is 11.6 Å². The third-order valence-corrected chi connectivity index (χ3v) is 4.68. The summed E-state index contributed by atoms with van der Waals surface area (Å²) in [7, 11) is 3.88. The Morgan fingerprint density at radius 1 is 1.04 bits per heavy atom. The van der Waals surface area contributed by atoms with Gasteiger partial charge in [0.15, 0.2) is 0 Å². The van der Waals surface area contributed by atoms with Crippen LogP contribution in [0.2, 0.25) is 5.28 Å². The molecule has 0 aliphatic rings. The summed E-state index contributed by atoms with van der Waals surface area (Å²) < 4.78 is 2.05. The summed E-state index contributed by atoms with van der Waals surface area (Å²) in [5, 5.41) is 6.85. The third kappa shape index (κ3) is 3.31. The molecule has 6 nitrogen and oxygen atoms in total. The van der Waals surface area contributed by atoms with Gasteiger partial charge in [0.05, 0.1) is 16.8 Å². The van der Waals surface area contributed by atoms with Gasteiger partial charge in [-0.25, -0.2) is 15.0 Å². The highest BCUT2D eigenvalue weighted by atomic mass is 35.5. The van der Waals surface area contributed by atoms with E-state index in [1.807, 2.05) is 55.1 Å². The van der Waals surface area contributed by atoms with Crippen LogP contribution in [0, 0.1) is 0 Å². The van der Waals surface area contributed by atoms with Gasteiger partial charge in [-0.1, -0.05) is 30.3 Å². The van der Waals surface area contributed by atoms with Crippen molar-refractivity contribution in [1.82, 2.24) is 19.5 Å². The highest BCUT2D eigenvalue weighted by molar-refractivity contribution is 6.28. The van der Waals surface area contributed by atoms with Crippen LogP contribution >= 0.6 is 11.6 Å². The number of aromatic nitrogens is 4. The van der Waals surface area contributed by atoms with Crippen molar-refractivity contribution in [1.29, 1.82) is 0 Å². The number of nitrogens with zero attached hydrogens (tertiary/aromatic N) is 4. The summed E-state index contributed by atoms with van der Waals surface area (Å²) in [6.07, 6.45) is 1.65. The molecule has 136 valence electrons. The van der Waals surface area contributed by atoms with Gasteiger partial charge in [0.2, 0.25) is 11.2 Å². The molecule has 0 saturated heterocycles. The largest absolute Gasteiger partial charge is 0.388 e. The van der Waals surface area contributed by atoms with E-state index >= 15 is 0 Å². The van der Waals surface area contributed by atoms with Gasteiger partial charge < -0.3 is 15.2 Å². The van der Waals surface area contributed by atoms with Crippen LogP contribution in [0.5, 0.6) is 0 Å². The lowest BCUT2D eigenvalue weighted by molar-refractivity contribution is 0.927. The van der Waals surface area contributed by atoms with E-state index < -0.39 is 0 Å². The number of anilines is 2. The summed E-state index contributed by atoms with van der Waals surface area (Å²) in [4.78, 5) is 13.2. The average Bonchev–Trinajstić information content (AvgIpc) is 3.02. The maximum absolute atomic E-state index is 6.01. The van der Waals surface area contributed by atoms with E-state index in [-0.39, 0.29) is 5.28 Å². The van der Waals surface area contributed by atoms with Gasteiger partial charge in [0.1, 0.15) is 5.52 Å². The fourth-order valence-corrected chi connectivity index (χ4v) is 3.28. The number of hydrogen-bond donors (Lipinski definition) is 2. The number of hydrogen-bond acceptors (Lipinski definition) is 5. The van der Waals surface area contributed by atoms with Crippen LogP contribution in [-0.2, 0) is 13.6 Å². The minimum Gasteiger partial charge on any atom is -0.388 e. The Morgan fingerprint density at radius 3 is 2.59 bits per heavy atom. The Labute approximate surface area is 162 Å². The lowest BCUT2D eigenvalue weighted by Crippen LogP contribution is -2.04. The minimum atomic E-state index is 0.213. The molecule has 2 N–H and O–H groups in total. The second kappa shape index (κ2) is 7.25. The van der Waals surface area contributed by atoms with Gasteiger partial charge in [-0.2, -0.15) is 0 Å². The molecule has 0 amide bonds. The highest BCUT2D eigenvalue weighted by Crippen LogP contribution is 2.35. The van der Waals surface area contributed by atoms with Gasteiger partial charge in [-0.15, -0.1) is 0 Å². The van der Waals surface area contributed by atoms with Gasteiger partial charge in [0.25, 0.3) is 0 Å². The predicted octanol–water partition coefficient (Wildman–Crippen LogP) is 4.34. The SMILES string of the molecule is CNc1ccc2c(nc(NCc3ccccc3)n2C)c1-c1ccnc(Cl)n1. The average molecular weight is 379 g/mol. The van der Waals surface area contributed by atoms with Crippen LogP contribution in [0.25, 0.3) is 22.3 Å². The number of imidazole rings is 1. The van der Waals surface area contributed by atoms with Crippen molar-refractivity contribution in [2.45, 2.75) is 6.54 Å². The molecule has 0 bridgehead atoms. The van der Waals surface area contributed by atoms with Gasteiger partial charge >= 0.3 is 0 Å². The molecule has 4 rings (SSSR count). The van der Waals surface area contributed by atoms with E-state index in [4.69, 9.17) is 16.6 Å². The van der Waals surface area contributed by atoms with Crippen molar-refractivity contribution in [3.8, 4) is 11.3 Å². The molecule has 0 aliphatic carbocycles. The quantitative estimate of drug-likeness (QED) is 0.506. The molecule has 0 spiro atoms. The first-order valence-electron chi connectivity index (χ1n) is 8.61. The standard InChI is InChI=1S/C20H19ClN6/c1-22-14-8-9-16-18(17(14)15-10-11-23-19(21)25-15)26-20(27(16)2)24-12-13-6-4-3-5-7-13/h3-11,22H,12H2,1-2H3,(H,24,26). The number of halogens is 1. The van der Waals surface area contributed by atoms with Crippen LogP contribution in [0.3, 0.4) is 0 Å². The first kappa shape index (κ1) is 17.3. The molecule has 4 aromatic rings. The fourth-order valence-electron chi connectivity index (χ4n) is 3.14. The maximum atomic E-state index is 6.01. The Balaban J connectivity index is 1.80. The van der Waals surface area contributed by atoms with Crippen molar-refractivity contribution in [3.05, 3.63) is 65.6 Å². The zero-order valence-corrected chi connectivity index (χ0v) is 15.8. The number of benzene rings is 2. The number of nitrogens with one attached hydrogen (secondary N) is 2. The zero-order chi connectivity index (χ0) is 18.8. The second-order valence-corrected chi connectivity index (χ2v) is 6.49. The van der Waals surface area contributed by atoms with Crippen molar-refractivity contribution >= 4 is 34.3 Å². The summed E-state index contributed by atoms with van der Waals surface area (Å²) in [6, 6.07) is 16.2. The summed E-state index contributed by atoms with van der Waals surface area (Å²) in [6.45, 7) is 0.700. The molecule has 0 unspecified atom stereocenters. The first-order valence-corrected chi connectivity index (χ1v) is 8.99. The van der Waals surface area contributed by atoms with E-state index in [1.165, 1.54) is 5.56 Å². The number of aryl methyl sites for hydroxylation is 1. The lowest BCUT2D eigenvalue weighted by Gasteiger charge is -2.09. The highest BCUT2D eigenvalue weighted by Gasteiger charge is 2.17. The van der Waals surface area contributed by atoms with E-state index in [0.717, 1.165) is 33.9 Å². The van der Waals surface area contributed by atoms with Crippen LogP contribution in [0.1, 0.15) is 5.56 Å². The molecule has 0 saturated carbocycles. The smallest absolute Gasteiger partial charge is 0.222 e. The monoisotopic (exact) mass is 378 g/mol. The molecule has 0 radical (unpaired) electrons. The maximum Gasteiger partial charge on any atom is 0.222 e. The Kier molecular flexibility index (Phi) is 4.64. The lowest BCUT2D eigenvalue weighted by atomic mass is 10.1. The Hall–Kier alpha value is -3.12. The molecule has 7 heteroatoms. The third-order valence-electron chi connectivity index (χ3n) is 4.50. The molecular formula is C20H19ClN6. The summed E-state index contributed by atoms with van der Waals surface area (Å²) in [5.41, 5.74) is 5.64. The molecule has 0 atom stereocenters. The summed E-state index contributed by atoms with van der Waals surface area (Å²) >= 11 is 6.01. The van der Waals surface area contributed by atoms with Gasteiger partial charge in [-0.05, 0) is 35.4 Å². The van der Waals surface area contributed by atoms with Crippen LogP contribution in [0.15, 0.2) is 54.7 Å². The van der Waals surface area contributed by atoms with Crippen LogP contribution in [-0.4, -0.2) is 26.6 Å². The fraction of sp³-hybridized carbons (Fsp3) is 0.150. The Morgan fingerprint density at radius 2 is 1.85 bits per heavy atom. The van der Waals surface area contributed by atoms with E-state index in [1.54, 1.807) is 6.20 Å². The van der Waals surface area contributed by atoms with Crippen molar-refractivity contribution in [2.75, 3.05) is 17.7 Å².